The number of hydrazine groups is 1. The van der Waals surface area contributed by atoms with Gasteiger partial charge in [0.15, 0.2) is 0 Å². The molecule has 2 N–H and O–H groups in total. The van der Waals surface area contributed by atoms with Crippen LogP contribution in [0.4, 0.5) is 0 Å². The molecule has 1 aliphatic heterocycles. The summed E-state index contributed by atoms with van der Waals surface area (Å²) >= 11 is 0. The van der Waals surface area contributed by atoms with Crippen LogP contribution < -0.4 is 10.7 Å². The summed E-state index contributed by atoms with van der Waals surface area (Å²) in [6, 6.07) is -0.424. The number of hydrogen-bond donors (Lipinski definition) is 2. The van der Waals surface area contributed by atoms with Crippen LogP contribution in [0.1, 0.15) is 20.8 Å². The Morgan fingerprint density at radius 1 is 1.57 bits per heavy atom. The van der Waals surface area contributed by atoms with Crippen molar-refractivity contribution < 1.29 is 9.59 Å². The van der Waals surface area contributed by atoms with Gasteiger partial charge in [0, 0.05) is 19.0 Å². The first-order valence-electron chi connectivity index (χ1n) is 4.63. The number of nitrogens with one attached hydrogen (secondary N) is 2. The second-order valence-corrected chi connectivity index (χ2v) is 4.63. The van der Waals surface area contributed by atoms with E-state index in [9.17, 15) is 9.59 Å². The van der Waals surface area contributed by atoms with E-state index in [0.717, 1.165) is 0 Å². The molecule has 0 aromatic carbocycles. The highest BCUT2D eigenvalue weighted by atomic mass is 16.2. The van der Waals surface area contributed by atoms with Gasteiger partial charge in [-0.3, -0.25) is 15.0 Å². The van der Waals surface area contributed by atoms with Crippen LogP contribution in [-0.4, -0.2) is 36.5 Å². The zero-order valence-electron chi connectivity index (χ0n) is 9.05. The molecule has 1 fully saturated rings. The van der Waals surface area contributed by atoms with Crippen molar-refractivity contribution in [3.8, 4) is 0 Å². The van der Waals surface area contributed by atoms with Crippen LogP contribution in [0, 0.1) is 5.41 Å². The van der Waals surface area contributed by atoms with Crippen molar-refractivity contribution in [3.05, 3.63) is 0 Å². The third-order valence-corrected chi connectivity index (χ3v) is 2.06. The van der Waals surface area contributed by atoms with Gasteiger partial charge < -0.3 is 5.32 Å². The van der Waals surface area contributed by atoms with Crippen LogP contribution in [-0.2, 0) is 9.59 Å². The summed E-state index contributed by atoms with van der Waals surface area (Å²) < 4.78 is 0. The first kappa shape index (κ1) is 11.0. The van der Waals surface area contributed by atoms with Crippen molar-refractivity contribution >= 4 is 11.8 Å². The summed E-state index contributed by atoms with van der Waals surface area (Å²) in [6.07, 6.45) is 0. The van der Waals surface area contributed by atoms with Crippen LogP contribution in [0.15, 0.2) is 0 Å². The van der Waals surface area contributed by atoms with Gasteiger partial charge in [-0.1, -0.05) is 20.8 Å². The Labute approximate surface area is 83.8 Å². The number of amides is 2. The smallest absolute Gasteiger partial charge is 0.258 e. The van der Waals surface area contributed by atoms with Gasteiger partial charge in [0.1, 0.15) is 6.04 Å². The lowest BCUT2D eigenvalue weighted by Gasteiger charge is -2.19. The fourth-order valence-electron chi connectivity index (χ4n) is 1.15. The quantitative estimate of drug-likeness (QED) is 0.598. The highest BCUT2D eigenvalue weighted by Crippen LogP contribution is 2.13. The maximum absolute atomic E-state index is 11.6. The largest absolute Gasteiger partial charge is 0.343 e. The third-order valence-electron chi connectivity index (χ3n) is 2.06. The zero-order chi connectivity index (χ0) is 10.9. The number of carbonyl (C=O) groups excluding carboxylic acids is 2. The van der Waals surface area contributed by atoms with Crippen molar-refractivity contribution in [1.29, 1.82) is 0 Å². The number of carbonyl (C=O) groups is 2. The van der Waals surface area contributed by atoms with Gasteiger partial charge >= 0.3 is 0 Å². The number of hydrogen-bond acceptors (Lipinski definition) is 3. The van der Waals surface area contributed by atoms with Crippen LogP contribution in [0.3, 0.4) is 0 Å². The SMILES string of the molecule is CN1CC(NC(=O)C(C)(C)C)C(=O)N1. The number of nitrogens with zero attached hydrogens (tertiary/aromatic N) is 1. The van der Waals surface area contributed by atoms with Gasteiger partial charge in [0.05, 0.1) is 0 Å². The van der Waals surface area contributed by atoms with E-state index in [4.69, 9.17) is 0 Å². The van der Waals surface area contributed by atoms with Crippen LogP contribution in [0.5, 0.6) is 0 Å². The predicted molar refractivity (Wildman–Crippen MR) is 52.2 cm³/mol. The standard InChI is InChI=1S/C9H17N3O2/c1-9(2,3)8(14)10-6-5-12(4)11-7(6)13/h6H,5H2,1-4H3,(H,10,14)(H,11,13). The molecular formula is C9H17N3O2. The van der Waals surface area contributed by atoms with E-state index in [-0.39, 0.29) is 11.8 Å². The second-order valence-electron chi connectivity index (χ2n) is 4.63. The van der Waals surface area contributed by atoms with Gasteiger partial charge in [-0.05, 0) is 0 Å². The molecule has 0 aliphatic carbocycles. The lowest BCUT2D eigenvalue weighted by molar-refractivity contribution is -0.132. The molecule has 0 saturated carbocycles. The van der Waals surface area contributed by atoms with Crippen molar-refractivity contribution in [3.63, 3.8) is 0 Å². The van der Waals surface area contributed by atoms with Gasteiger partial charge in [-0.2, -0.15) is 0 Å². The molecule has 1 aliphatic rings. The number of likely N-dealkylation sites (N-methyl/N-ethyl adjacent to an activating group) is 1. The Morgan fingerprint density at radius 2 is 2.14 bits per heavy atom. The Kier molecular flexibility index (Phi) is 2.80. The first-order valence-corrected chi connectivity index (χ1v) is 4.63. The van der Waals surface area contributed by atoms with Gasteiger partial charge in [-0.25, -0.2) is 5.01 Å². The summed E-state index contributed by atoms with van der Waals surface area (Å²) in [4.78, 5) is 22.8. The molecule has 1 atom stereocenters. The fraction of sp³-hybridized carbons (Fsp3) is 0.778. The molecule has 1 rings (SSSR count). The normalized spacial score (nSPS) is 23.4. The van der Waals surface area contributed by atoms with Crippen molar-refractivity contribution in [2.24, 2.45) is 5.41 Å². The molecule has 1 heterocycles. The second kappa shape index (κ2) is 3.57. The zero-order valence-corrected chi connectivity index (χ0v) is 9.05. The first-order chi connectivity index (χ1) is 6.30. The highest BCUT2D eigenvalue weighted by molar-refractivity contribution is 5.90. The minimum atomic E-state index is -0.457. The molecule has 5 heteroatoms. The Hall–Kier alpha value is -1.10. The van der Waals surface area contributed by atoms with Gasteiger partial charge in [0.2, 0.25) is 5.91 Å². The molecule has 80 valence electrons. The van der Waals surface area contributed by atoms with Crippen LogP contribution in [0.25, 0.3) is 0 Å². The lowest BCUT2D eigenvalue weighted by atomic mass is 9.95. The molecule has 1 unspecified atom stereocenters. The molecule has 14 heavy (non-hydrogen) atoms. The van der Waals surface area contributed by atoms with Crippen molar-refractivity contribution in [2.45, 2.75) is 26.8 Å². The van der Waals surface area contributed by atoms with E-state index in [0.29, 0.717) is 6.54 Å². The number of rotatable bonds is 1. The van der Waals surface area contributed by atoms with Crippen molar-refractivity contribution in [1.82, 2.24) is 15.8 Å². The van der Waals surface area contributed by atoms with Gasteiger partial charge in [0.25, 0.3) is 5.91 Å². The molecule has 1 saturated heterocycles. The van der Waals surface area contributed by atoms with E-state index >= 15 is 0 Å². The average Bonchev–Trinajstić information content (AvgIpc) is 2.28. The highest BCUT2D eigenvalue weighted by Gasteiger charge is 2.32. The average molecular weight is 199 g/mol. The van der Waals surface area contributed by atoms with E-state index in [1.807, 2.05) is 20.8 Å². The van der Waals surface area contributed by atoms with Crippen molar-refractivity contribution in [2.75, 3.05) is 13.6 Å². The summed E-state index contributed by atoms with van der Waals surface area (Å²) in [5, 5.41) is 4.37. The van der Waals surface area contributed by atoms with Crippen LogP contribution in [0.2, 0.25) is 0 Å². The molecule has 2 amide bonds. The molecule has 5 nitrogen and oxygen atoms in total. The molecular weight excluding hydrogens is 182 g/mol. The fourth-order valence-corrected chi connectivity index (χ4v) is 1.15. The topological polar surface area (TPSA) is 61.4 Å². The summed E-state index contributed by atoms with van der Waals surface area (Å²) in [6.45, 7) is 5.97. The summed E-state index contributed by atoms with van der Waals surface area (Å²) in [5.74, 6) is -0.252. The minimum absolute atomic E-state index is 0.104. The van der Waals surface area contributed by atoms with Gasteiger partial charge in [-0.15, -0.1) is 0 Å². The Bertz CT molecular complexity index is 257. The maximum Gasteiger partial charge on any atom is 0.258 e. The molecule has 0 aromatic heterocycles. The Balaban J connectivity index is 2.54. The minimum Gasteiger partial charge on any atom is -0.343 e. The predicted octanol–water partition coefficient (Wildman–Crippen LogP) is -0.506. The van der Waals surface area contributed by atoms with E-state index in [2.05, 4.69) is 10.7 Å². The van der Waals surface area contributed by atoms with E-state index < -0.39 is 11.5 Å². The Morgan fingerprint density at radius 3 is 2.50 bits per heavy atom. The molecule has 0 aromatic rings. The van der Waals surface area contributed by atoms with Crippen LogP contribution >= 0.6 is 0 Å². The molecule has 0 radical (unpaired) electrons. The maximum atomic E-state index is 11.6. The third kappa shape index (κ3) is 2.45. The molecule has 0 spiro atoms. The van der Waals surface area contributed by atoms with E-state index in [1.165, 1.54) is 0 Å². The van der Waals surface area contributed by atoms with E-state index in [1.54, 1.807) is 12.1 Å². The monoisotopic (exact) mass is 199 g/mol. The summed E-state index contributed by atoms with van der Waals surface area (Å²) in [7, 11) is 1.77. The summed E-state index contributed by atoms with van der Waals surface area (Å²) in [5.41, 5.74) is 2.15. The lowest BCUT2D eigenvalue weighted by Crippen LogP contribution is -2.46. The molecule has 0 bridgehead atoms.